The summed E-state index contributed by atoms with van der Waals surface area (Å²) in [5.41, 5.74) is 5.49. The van der Waals surface area contributed by atoms with Crippen molar-refractivity contribution in [2.75, 3.05) is 5.32 Å². The van der Waals surface area contributed by atoms with Crippen LogP contribution in [0.25, 0.3) is 0 Å². The molecule has 4 N–H and O–H groups in total. The van der Waals surface area contributed by atoms with Crippen molar-refractivity contribution >= 4 is 29.4 Å². The second-order valence-corrected chi connectivity index (χ2v) is 6.54. The lowest BCUT2D eigenvalue weighted by molar-refractivity contribution is -0.148. The molecule has 0 aliphatic heterocycles. The van der Waals surface area contributed by atoms with Gasteiger partial charge in [0.1, 0.15) is 0 Å². The van der Waals surface area contributed by atoms with E-state index in [4.69, 9.17) is 0 Å². The Balaban J connectivity index is 1.59. The maximum Gasteiger partial charge on any atom is 0.307 e. The molecule has 0 radical (unpaired) electrons. The molecule has 1 fully saturated rings. The van der Waals surface area contributed by atoms with Crippen LogP contribution in [-0.2, 0) is 14.4 Å². The Hall–Kier alpha value is -3.16. The highest BCUT2D eigenvalue weighted by atomic mass is 16.4. The van der Waals surface area contributed by atoms with Gasteiger partial charge in [0.25, 0.3) is 5.91 Å². The number of carbonyl (C=O) groups excluding carboxylic acids is 3. The average Bonchev–Trinajstić information content (AvgIpc) is 3.20. The molecule has 0 unspecified atom stereocenters. The summed E-state index contributed by atoms with van der Waals surface area (Å²) in [6.45, 7) is 1.38. The lowest BCUT2D eigenvalue weighted by Crippen LogP contribution is -2.48. The van der Waals surface area contributed by atoms with Crippen molar-refractivity contribution in [1.82, 2.24) is 10.9 Å². The fourth-order valence-corrected chi connectivity index (χ4v) is 3.70. The molecular weight excluding hydrogens is 338 g/mol. The van der Waals surface area contributed by atoms with Gasteiger partial charge in [-0.2, -0.15) is 0 Å². The summed E-state index contributed by atoms with van der Waals surface area (Å²) in [4.78, 5) is 46.9. The Bertz CT molecular complexity index is 787. The van der Waals surface area contributed by atoms with Gasteiger partial charge in [-0.05, 0) is 42.5 Å². The number of carbonyl (C=O) groups is 4. The minimum Gasteiger partial charge on any atom is -0.481 e. The highest BCUT2D eigenvalue weighted by molar-refractivity contribution is 5.97. The Morgan fingerprint density at radius 2 is 1.58 bits per heavy atom. The van der Waals surface area contributed by atoms with Crippen LogP contribution >= 0.6 is 0 Å². The Morgan fingerprint density at radius 3 is 2.15 bits per heavy atom. The Morgan fingerprint density at radius 1 is 0.962 bits per heavy atom. The van der Waals surface area contributed by atoms with Crippen molar-refractivity contribution in [1.29, 1.82) is 0 Å². The van der Waals surface area contributed by atoms with Crippen molar-refractivity contribution in [3.63, 3.8) is 0 Å². The van der Waals surface area contributed by atoms with Crippen LogP contribution in [0.3, 0.4) is 0 Å². The van der Waals surface area contributed by atoms with Gasteiger partial charge < -0.3 is 10.4 Å². The van der Waals surface area contributed by atoms with E-state index in [9.17, 15) is 24.3 Å². The third kappa shape index (κ3) is 3.44. The van der Waals surface area contributed by atoms with Crippen LogP contribution < -0.4 is 16.2 Å². The molecule has 136 valence electrons. The first kappa shape index (κ1) is 17.7. The number of fused-ring (bicyclic) bond motifs is 2. The molecule has 26 heavy (non-hydrogen) atoms. The van der Waals surface area contributed by atoms with E-state index in [1.54, 1.807) is 12.1 Å². The van der Waals surface area contributed by atoms with Crippen molar-refractivity contribution in [2.45, 2.75) is 13.3 Å². The fourth-order valence-electron chi connectivity index (χ4n) is 3.70. The molecule has 1 aromatic carbocycles. The second kappa shape index (κ2) is 6.99. The van der Waals surface area contributed by atoms with Crippen molar-refractivity contribution in [3.05, 3.63) is 42.0 Å². The minimum absolute atomic E-state index is 0.116. The van der Waals surface area contributed by atoms with E-state index in [0.29, 0.717) is 17.7 Å². The van der Waals surface area contributed by atoms with Crippen molar-refractivity contribution in [2.24, 2.45) is 23.7 Å². The summed E-state index contributed by atoms with van der Waals surface area (Å²) < 4.78 is 0. The van der Waals surface area contributed by atoms with Gasteiger partial charge in [0.2, 0.25) is 11.8 Å². The summed E-state index contributed by atoms with van der Waals surface area (Å²) in [5.74, 6) is -3.95. The number of carboxylic acids is 1. The van der Waals surface area contributed by atoms with E-state index in [1.165, 1.54) is 19.1 Å². The summed E-state index contributed by atoms with van der Waals surface area (Å²) in [7, 11) is 0. The van der Waals surface area contributed by atoms with Crippen LogP contribution in [0.15, 0.2) is 36.4 Å². The maximum absolute atomic E-state index is 12.4. The van der Waals surface area contributed by atoms with Crippen LogP contribution in [0, 0.1) is 23.7 Å². The minimum atomic E-state index is -0.998. The number of amides is 3. The quantitative estimate of drug-likeness (QED) is 0.471. The molecule has 4 atom stereocenters. The van der Waals surface area contributed by atoms with Crippen LogP contribution in [0.2, 0.25) is 0 Å². The van der Waals surface area contributed by atoms with Crippen LogP contribution in [0.4, 0.5) is 5.69 Å². The summed E-state index contributed by atoms with van der Waals surface area (Å²) in [5, 5.41) is 12.0. The van der Waals surface area contributed by atoms with Gasteiger partial charge in [0.05, 0.1) is 11.8 Å². The normalized spacial score (nSPS) is 25.6. The zero-order chi connectivity index (χ0) is 18.8. The SMILES string of the molecule is CC(=O)Nc1ccc(C(=O)NNC(=O)[C@H]2[C@@H](C(=O)O)[C@H]3C=C[C@H]2C3)cc1. The van der Waals surface area contributed by atoms with E-state index in [-0.39, 0.29) is 17.7 Å². The number of carboxylic acid groups (broad SMARTS) is 1. The number of hydrogen-bond donors (Lipinski definition) is 4. The molecule has 2 aliphatic carbocycles. The van der Waals surface area contributed by atoms with E-state index in [2.05, 4.69) is 16.2 Å². The number of benzene rings is 1. The van der Waals surface area contributed by atoms with Gasteiger partial charge >= 0.3 is 5.97 Å². The number of rotatable bonds is 4. The number of aliphatic carboxylic acids is 1. The number of nitrogens with one attached hydrogen (secondary N) is 3. The summed E-state index contributed by atoms with van der Waals surface area (Å²) in [6, 6.07) is 6.15. The third-order valence-electron chi connectivity index (χ3n) is 4.81. The van der Waals surface area contributed by atoms with Gasteiger partial charge in [-0.15, -0.1) is 0 Å². The van der Waals surface area contributed by atoms with Crippen LogP contribution in [0.1, 0.15) is 23.7 Å². The Kier molecular flexibility index (Phi) is 4.75. The first-order valence-electron chi connectivity index (χ1n) is 8.26. The van der Waals surface area contributed by atoms with Crippen LogP contribution in [0.5, 0.6) is 0 Å². The third-order valence-corrected chi connectivity index (χ3v) is 4.81. The van der Waals surface area contributed by atoms with Gasteiger partial charge in [-0.25, -0.2) is 0 Å². The molecule has 0 heterocycles. The van der Waals surface area contributed by atoms with Crippen molar-refractivity contribution < 1.29 is 24.3 Å². The topological polar surface area (TPSA) is 125 Å². The highest BCUT2D eigenvalue weighted by Gasteiger charge is 2.51. The predicted molar refractivity (Wildman–Crippen MR) is 91.7 cm³/mol. The maximum atomic E-state index is 12.4. The van der Waals surface area contributed by atoms with Gasteiger partial charge in [-0.1, -0.05) is 12.2 Å². The zero-order valence-electron chi connectivity index (χ0n) is 14.1. The lowest BCUT2D eigenvalue weighted by atomic mass is 9.82. The first-order chi connectivity index (χ1) is 12.4. The molecule has 8 nitrogen and oxygen atoms in total. The standard InChI is InChI=1S/C18H19N3O5/c1-9(22)19-13-6-4-10(5-7-13)16(23)20-21-17(24)14-11-2-3-12(8-11)15(14)18(25)26/h2-7,11-12,14-15H,8H2,1H3,(H,19,22)(H,20,23)(H,21,24)(H,25,26)/t11-,12-,14+,15-/m0/s1. The number of anilines is 1. The molecule has 0 spiro atoms. The van der Waals surface area contributed by atoms with Crippen LogP contribution in [-0.4, -0.2) is 28.8 Å². The molecule has 0 aromatic heterocycles. The first-order valence-corrected chi connectivity index (χ1v) is 8.26. The fraction of sp³-hybridized carbons (Fsp3) is 0.333. The molecule has 1 saturated carbocycles. The van der Waals surface area contributed by atoms with Gasteiger partial charge in [0, 0.05) is 18.2 Å². The predicted octanol–water partition coefficient (Wildman–Crippen LogP) is 0.929. The molecule has 1 aromatic rings. The molecule has 3 amide bonds. The van der Waals surface area contributed by atoms with E-state index in [0.717, 1.165) is 0 Å². The molecular formula is C18H19N3O5. The smallest absolute Gasteiger partial charge is 0.307 e. The lowest BCUT2D eigenvalue weighted by Gasteiger charge is -2.23. The molecule has 2 bridgehead atoms. The van der Waals surface area contributed by atoms with Gasteiger partial charge in [0.15, 0.2) is 0 Å². The summed E-state index contributed by atoms with van der Waals surface area (Å²) >= 11 is 0. The number of hydrazine groups is 1. The van der Waals surface area contributed by atoms with Crippen molar-refractivity contribution in [3.8, 4) is 0 Å². The summed E-state index contributed by atoms with van der Waals surface area (Å²) in [6.07, 6.45) is 4.37. The zero-order valence-corrected chi connectivity index (χ0v) is 14.1. The van der Waals surface area contributed by atoms with E-state index < -0.39 is 29.6 Å². The van der Waals surface area contributed by atoms with E-state index >= 15 is 0 Å². The molecule has 2 aliphatic rings. The molecule has 8 heteroatoms. The molecule has 3 rings (SSSR count). The largest absolute Gasteiger partial charge is 0.481 e. The highest BCUT2D eigenvalue weighted by Crippen LogP contribution is 2.48. The second-order valence-electron chi connectivity index (χ2n) is 6.54. The van der Waals surface area contributed by atoms with E-state index in [1.807, 2.05) is 12.2 Å². The monoisotopic (exact) mass is 357 g/mol. The Labute approximate surface area is 149 Å². The average molecular weight is 357 g/mol. The number of allylic oxidation sites excluding steroid dienone is 2. The number of hydrogen-bond acceptors (Lipinski definition) is 4. The van der Waals surface area contributed by atoms with Gasteiger partial charge in [-0.3, -0.25) is 30.0 Å². The molecule has 0 saturated heterocycles.